The highest BCUT2D eigenvalue weighted by atomic mass is 16.7. The van der Waals surface area contributed by atoms with E-state index in [2.05, 4.69) is 36.2 Å². The van der Waals surface area contributed by atoms with Crippen molar-refractivity contribution in [2.45, 2.75) is 18.5 Å². The molecule has 0 saturated carbocycles. The maximum atomic E-state index is 5.45. The van der Waals surface area contributed by atoms with Crippen LogP contribution < -0.4 is 5.32 Å². The van der Waals surface area contributed by atoms with E-state index in [-0.39, 0.29) is 6.04 Å². The molecule has 2 atom stereocenters. The van der Waals surface area contributed by atoms with E-state index < -0.39 is 0 Å². The van der Waals surface area contributed by atoms with Crippen molar-refractivity contribution in [3.8, 4) is 0 Å². The molecule has 2 rings (SSSR count). The smallest absolute Gasteiger partial charge is 0.146 e. The van der Waals surface area contributed by atoms with E-state index in [9.17, 15) is 0 Å². The monoisotopic (exact) mass is 233 g/mol. The predicted molar refractivity (Wildman–Crippen MR) is 67.8 cm³/mol. The van der Waals surface area contributed by atoms with Crippen molar-refractivity contribution in [3.05, 3.63) is 48.0 Å². The molecule has 3 heteroatoms. The fourth-order valence-corrected chi connectivity index (χ4v) is 2.24. The standard InChI is InChI=1S/C14H19NO2/c1-3-12-8-11-6-4-5-7-13(11)14(15-12)9-17-10-16-2/h3-7,12,14-15H,1,8-10H2,2H3/t12-,14+/m1/s1. The van der Waals surface area contributed by atoms with E-state index in [0.717, 1.165) is 6.42 Å². The SMILES string of the molecule is C=C[C@@H]1Cc2ccccc2[C@H](COCOC)N1. The van der Waals surface area contributed by atoms with E-state index in [1.807, 2.05) is 6.08 Å². The molecule has 1 aromatic carbocycles. The second-order valence-electron chi connectivity index (χ2n) is 4.24. The summed E-state index contributed by atoms with van der Waals surface area (Å²) in [5, 5.41) is 3.52. The van der Waals surface area contributed by atoms with E-state index in [4.69, 9.17) is 9.47 Å². The molecule has 0 spiro atoms. The van der Waals surface area contributed by atoms with Crippen LogP contribution in [0.1, 0.15) is 17.2 Å². The fourth-order valence-electron chi connectivity index (χ4n) is 2.24. The maximum Gasteiger partial charge on any atom is 0.146 e. The summed E-state index contributed by atoms with van der Waals surface area (Å²) in [7, 11) is 1.63. The molecule has 1 N–H and O–H groups in total. The summed E-state index contributed by atoms with van der Waals surface area (Å²) in [5.74, 6) is 0. The molecule has 0 unspecified atom stereocenters. The highest BCUT2D eigenvalue weighted by molar-refractivity contribution is 5.34. The molecule has 17 heavy (non-hydrogen) atoms. The fraction of sp³-hybridized carbons (Fsp3) is 0.429. The third-order valence-corrected chi connectivity index (χ3v) is 3.06. The van der Waals surface area contributed by atoms with Crippen LogP contribution in [-0.2, 0) is 15.9 Å². The highest BCUT2D eigenvalue weighted by Crippen LogP contribution is 2.25. The third kappa shape index (κ3) is 2.94. The zero-order valence-corrected chi connectivity index (χ0v) is 10.2. The van der Waals surface area contributed by atoms with Gasteiger partial charge >= 0.3 is 0 Å². The van der Waals surface area contributed by atoms with Gasteiger partial charge in [-0.15, -0.1) is 6.58 Å². The Kier molecular flexibility index (Phi) is 4.31. The van der Waals surface area contributed by atoms with E-state index in [1.165, 1.54) is 11.1 Å². The summed E-state index contributed by atoms with van der Waals surface area (Å²) in [5.41, 5.74) is 2.70. The Balaban J connectivity index is 2.11. The Morgan fingerprint density at radius 3 is 3.06 bits per heavy atom. The van der Waals surface area contributed by atoms with Crippen LogP contribution in [0.15, 0.2) is 36.9 Å². The first kappa shape index (κ1) is 12.3. The first-order valence-electron chi connectivity index (χ1n) is 5.88. The lowest BCUT2D eigenvalue weighted by molar-refractivity contribution is -0.0393. The molecule has 0 saturated heterocycles. The summed E-state index contributed by atoms with van der Waals surface area (Å²) in [6.45, 7) is 4.81. The van der Waals surface area contributed by atoms with Gasteiger partial charge < -0.3 is 14.8 Å². The Hall–Kier alpha value is -1.16. The minimum Gasteiger partial charge on any atom is -0.359 e. The van der Waals surface area contributed by atoms with Crippen molar-refractivity contribution in [2.75, 3.05) is 20.5 Å². The number of rotatable bonds is 5. The highest BCUT2D eigenvalue weighted by Gasteiger charge is 2.24. The lowest BCUT2D eigenvalue weighted by Gasteiger charge is -2.31. The lowest BCUT2D eigenvalue weighted by Crippen LogP contribution is -2.40. The van der Waals surface area contributed by atoms with Crippen LogP contribution in [-0.4, -0.2) is 26.6 Å². The van der Waals surface area contributed by atoms with Crippen LogP contribution >= 0.6 is 0 Å². The zero-order chi connectivity index (χ0) is 12.1. The zero-order valence-electron chi connectivity index (χ0n) is 10.2. The minimum absolute atomic E-state index is 0.220. The van der Waals surface area contributed by atoms with Gasteiger partial charge in [0, 0.05) is 13.2 Å². The van der Waals surface area contributed by atoms with Crippen molar-refractivity contribution in [3.63, 3.8) is 0 Å². The van der Waals surface area contributed by atoms with Gasteiger partial charge in [-0.1, -0.05) is 30.3 Å². The van der Waals surface area contributed by atoms with Crippen LogP contribution in [0, 0.1) is 0 Å². The molecule has 0 fully saturated rings. The maximum absolute atomic E-state index is 5.45. The van der Waals surface area contributed by atoms with Crippen molar-refractivity contribution >= 4 is 0 Å². The average Bonchev–Trinajstić information content (AvgIpc) is 2.38. The van der Waals surface area contributed by atoms with Crippen LogP contribution in [0.3, 0.4) is 0 Å². The molecule has 1 heterocycles. The first-order valence-corrected chi connectivity index (χ1v) is 5.88. The van der Waals surface area contributed by atoms with Crippen LogP contribution in [0.2, 0.25) is 0 Å². The van der Waals surface area contributed by atoms with E-state index in [1.54, 1.807) is 7.11 Å². The summed E-state index contributed by atoms with van der Waals surface area (Å²) < 4.78 is 10.4. The molecule has 0 amide bonds. The van der Waals surface area contributed by atoms with Gasteiger partial charge in [-0.3, -0.25) is 0 Å². The molecule has 0 aromatic heterocycles. The molecule has 92 valence electrons. The van der Waals surface area contributed by atoms with Crippen LogP contribution in [0.4, 0.5) is 0 Å². The molecular formula is C14H19NO2. The van der Waals surface area contributed by atoms with Gasteiger partial charge in [-0.05, 0) is 17.5 Å². The van der Waals surface area contributed by atoms with Crippen molar-refractivity contribution in [1.82, 2.24) is 5.32 Å². The van der Waals surface area contributed by atoms with Gasteiger partial charge in [0.1, 0.15) is 6.79 Å². The summed E-state index contributed by atoms with van der Waals surface area (Å²) in [6, 6.07) is 9.02. The van der Waals surface area contributed by atoms with Gasteiger partial charge in [-0.2, -0.15) is 0 Å². The number of ether oxygens (including phenoxy) is 2. The number of methoxy groups -OCH3 is 1. The molecule has 0 bridgehead atoms. The van der Waals surface area contributed by atoms with Gasteiger partial charge in [0.15, 0.2) is 0 Å². The Morgan fingerprint density at radius 2 is 2.29 bits per heavy atom. The second kappa shape index (κ2) is 5.96. The van der Waals surface area contributed by atoms with Crippen LogP contribution in [0.25, 0.3) is 0 Å². The molecule has 1 aromatic rings. The normalized spacial score (nSPS) is 23.1. The number of hydrogen-bond donors (Lipinski definition) is 1. The Bertz CT molecular complexity index is 378. The summed E-state index contributed by atoms with van der Waals surface area (Å²) in [4.78, 5) is 0. The quantitative estimate of drug-likeness (QED) is 0.479. The van der Waals surface area contributed by atoms with E-state index >= 15 is 0 Å². The topological polar surface area (TPSA) is 30.5 Å². The number of benzene rings is 1. The second-order valence-corrected chi connectivity index (χ2v) is 4.24. The van der Waals surface area contributed by atoms with Crippen molar-refractivity contribution in [2.24, 2.45) is 0 Å². The molecule has 0 radical (unpaired) electrons. The Morgan fingerprint density at radius 1 is 1.47 bits per heavy atom. The van der Waals surface area contributed by atoms with Crippen molar-refractivity contribution in [1.29, 1.82) is 0 Å². The van der Waals surface area contributed by atoms with Gasteiger partial charge in [-0.25, -0.2) is 0 Å². The lowest BCUT2D eigenvalue weighted by atomic mass is 9.90. The van der Waals surface area contributed by atoms with Gasteiger partial charge in [0.25, 0.3) is 0 Å². The van der Waals surface area contributed by atoms with Crippen molar-refractivity contribution < 1.29 is 9.47 Å². The number of hydrogen-bond acceptors (Lipinski definition) is 3. The van der Waals surface area contributed by atoms with Gasteiger partial charge in [0.2, 0.25) is 0 Å². The number of fused-ring (bicyclic) bond motifs is 1. The van der Waals surface area contributed by atoms with Gasteiger partial charge in [0.05, 0.1) is 12.6 Å². The van der Waals surface area contributed by atoms with E-state index in [0.29, 0.717) is 19.4 Å². The molecule has 3 nitrogen and oxygen atoms in total. The van der Waals surface area contributed by atoms with Crippen LogP contribution in [0.5, 0.6) is 0 Å². The predicted octanol–water partition coefficient (Wildman–Crippen LogP) is 2.05. The largest absolute Gasteiger partial charge is 0.359 e. The average molecular weight is 233 g/mol. The molecule has 1 aliphatic heterocycles. The minimum atomic E-state index is 0.220. The molecular weight excluding hydrogens is 214 g/mol. The molecule has 1 aliphatic rings. The summed E-state index contributed by atoms with van der Waals surface area (Å²) >= 11 is 0. The third-order valence-electron chi connectivity index (χ3n) is 3.06. The first-order chi connectivity index (χ1) is 8.35. The molecule has 0 aliphatic carbocycles. The number of nitrogens with one attached hydrogen (secondary N) is 1. The summed E-state index contributed by atoms with van der Waals surface area (Å²) in [6.07, 6.45) is 2.96. The Labute approximate surface area is 102 Å².